The van der Waals surface area contributed by atoms with Gasteiger partial charge in [0.15, 0.2) is 0 Å². The van der Waals surface area contributed by atoms with Crippen LogP contribution in [0.3, 0.4) is 0 Å². The highest BCUT2D eigenvalue weighted by Gasteiger charge is 2.31. The fourth-order valence-electron chi connectivity index (χ4n) is 2.43. The molecule has 1 fully saturated rings. The molecule has 4 nitrogen and oxygen atoms in total. The van der Waals surface area contributed by atoms with Crippen LogP contribution in [0.1, 0.15) is 12.5 Å². The molecule has 1 atom stereocenters. The van der Waals surface area contributed by atoms with Crippen molar-refractivity contribution in [3.63, 3.8) is 0 Å². The summed E-state index contributed by atoms with van der Waals surface area (Å²) in [6.07, 6.45) is 0. The average Bonchev–Trinajstić information content (AvgIpc) is 2.42. The lowest BCUT2D eigenvalue weighted by Crippen LogP contribution is -2.55. The van der Waals surface area contributed by atoms with Crippen LogP contribution in [0.25, 0.3) is 0 Å². The first-order valence-electron chi connectivity index (χ1n) is 6.84. The van der Waals surface area contributed by atoms with E-state index in [1.807, 2.05) is 32.2 Å². The zero-order valence-corrected chi connectivity index (χ0v) is 11.7. The van der Waals surface area contributed by atoms with Crippen molar-refractivity contribution in [1.29, 1.82) is 0 Å². The molecule has 2 rings (SSSR count). The van der Waals surface area contributed by atoms with Gasteiger partial charge in [-0.2, -0.15) is 0 Å². The van der Waals surface area contributed by atoms with Crippen LogP contribution in [0, 0.1) is 0 Å². The second kappa shape index (κ2) is 6.68. The summed E-state index contributed by atoms with van der Waals surface area (Å²) in [7, 11) is 2.05. The molecular formula is C15H22N2O2. The van der Waals surface area contributed by atoms with Gasteiger partial charge in [-0.1, -0.05) is 30.3 Å². The van der Waals surface area contributed by atoms with E-state index < -0.39 is 0 Å². The summed E-state index contributed by atoms with van der Waals surface area (Å²) < 4.78 is 5.19. The van der Waals surface area contributed by atoms with Gasteiger partial charge in [-0.05, 0) is 19.5 Å². The molecule has 1 heterocycles. The van der Waals surface area contributed by atoms with Crippen LogP contribution in [-0.4, -0.2) is 55.1 Å². The first kappa shape index (κ1) is 14.0. The fourth-order valence-corrected chi connectivity index (χ4v) is 2.43. The predicted molar refractivity (Wildman–Crippen MR) is 74.8 cm³/mol. The van der Waals surface area contributed by atoms with E-state index in [4.69, 9.17) is 4.74 Å². The number of esters is 1. The predicted octanol–water partition coefficient (Wildman–Crippen LogP) is 1.37. The summed E-state index contributed by atoms with van der Waals surface area (Å²) in [6, 6.07) is 10.1. The minimum Gasteiger partial charge on any atom is -0.465 e. The van der Waals surface area contributed by atoms with Crippen molar-refractivity contribution in [3.8, 4) is 0 Å². The van der Waals surface area contributed by atoms with E-state index in [1.165, 1.54) is 5.56 Å². The molecule has 19 heavy (non-hydrogen) atoms. The zero-order valence-electron chi connectivity index (χ0n) is 11.7. The van der Waals surface area contributed by atoms with Gasteiger partial charge in [-0.3, -0.25) is 9.69 Å². The van der Waals surface area contributed by atoms with Crippen LogP contribution in [0.4, 0.5) is 0 Å². The highest BCUT2D eigenvalue weighted by molar-refractivity contribution is 5.76. The molecule has 0 saturated carbocycles. The highest BCUT2D eigenvalue weighted by atomic mass is 16.5. The number of benzene rings is 1. The molecule has 0 spiro atoms. The first-order valence-corrected chi connectivity index (χ1v) is 6.84. The van der Waals surface area contributed by atoms with Crippen LogP contribution in [0.5, 0.6) is 0 Å². The van der Waals surface area contributed by atoms with E-state index in [1.54, 1.807) is 0 Å². The summed E-state index contributed by atoms with van der Waals surface area (Å²) in [4.78, 5) is 16.5. The van der Waals surface area contributed by atoms with Crippen molar-refractivity contribution in [1.82, 2.24) is 9.80 Å². The molecule has 0 bridgehead atoms. The lowest BCUT2D eigenvalue weighted by Gasteiger charge is -2.38. The molecular weight excluding hydrogens is 240 g/mol. The number of carbonyl (C=O) groups excluding carboxylic acids is 1. The molecule has 0 aliphatic carbocycles. The van der Waals surface area contributed by atoms with Crippen LogP contribution in [0.15, 0.2) is 30.3 Å². The summed E-state index contributed by atoms with van der Waals surface area (Å²) in [5.41, 5.74) is 1.24. The minimum atomic E-state index is -0.154. The van der Waals surface area contributed by atoms with E-state index >= 15 is 0 Å². The second-order valence-electron chi connectivity index (χ2n) is 4.99. The lowest BCUT2D eigenvalue weighted by atomic mass is 10.1. The smallest absolute Gasteiger partial charge is 0.324 e. The molecule has 4 heteroatoms. The van der Waals surface area contributed by atoms with Crippen molar-refractivity contribution in [2.24, 2.45) is 0 Å². The normalized spacial score (nSPS) is 21.3. The average molecular weight is 262 g/mol. The van der Waals surface area contributed by atoms with Crippen molar-refractivity contribution in [3.05, 3.63) is 35.9 Å². The van der Waals surface area contributed by atoms with E-state index in [2.05, 4.69) is 21.9 Å². The van der Waals surface area contributed by atoms with E-state index in [0.717, 1.165) is 26.2 Å². The Morgan fingerprint density at radius 3 is 2.74 bits per heavy atom. The molecule has 1 aliphatic rings. The van der Waals surface area contributed by atoms with Gasteiger partial charge in [0.25, 0.3) is 0 Å². The van der Waals surface area contributed by atoms with Crippen molar-refractivity contribution in [2.45, 2.75) is 19.5 Å². The van der Waals surface area contributed by atoms with Crippen molar-refractivity contribution < 1.29 is 9.53 Å². The maximum Gasteiger partial charge on any atom is 0.324 e. The quantitative estimate of drug-likeness (QED) is 0.767. The molecule has 1 aromatic rings. The monoisotopic (exact) mass is 262 g/mol. The number of ether oxygens (including phenoxy) is 1. The molecule has 1 aliphatic heterocycles. The number of hydrogen-bond acceptors (Lipinski definition) is 4. The Morgan fingerprint density at radius 2 is 2.05 bits per heavy atom. The Labute approximate surface area is 115 Å². The SMILES string of the molecule is CCOC(=O)[C@H]1CN(C)CCN1Cc1ccccc1. The Kier molecular flexibility index (Phi) is 4.93. The maximum atomic E-state index is 12.1. The summed E-state index contributed by atoms with van der Waals surface area (Å²) >= 11 is 0. The Hall–Kier alpha value is -1.39. The Balaban J connectivity index is 2.05. The number of nitrogens with zero attached hydrogens (tertiary/aromatic N) is 2. The third kappa shape index (κ3) is 3.78. The van der Waals surface area contributed by atoms with Crippen molar-refractivity contribution in [2.75, 3.05) is 33.3 Å². The molecule has 1 saturated heterocycles. The maximum absolute atomic E-state index is 12.1. The van der Waals surface area contributed by atoms with Crippen molar-refractivity contribution >= 4 is 5.97 Å². The molecule has 104 valence electrons. The highest BCUT2D eigenvalue weighted by Crippen LogP contribution is 2.14. The molecule has 1 aromatic carbocycles. The summed E-state index contributed by atoms with van der Waals surface area (Å²) in [5, 5.41) is 0. The van der Waals surface area contributed by atoms with Gasteiger partial charge in [0.2, 0.25) is 0 Å². The van der Waals surface area contributed by atoms with E-state index in [-0.39, 0.29) is 12.0 Å². The minimum absolute atomic E-state index is 0.106. The molecule has 0 unspecified atom stereocenters. The molecule has 0 radical (unpaired) electrons. The third-order valence-corrected chi connectivity index (χ3v) is 3.48. The fraction of sp³-hybridized carbons (Fsp3) is 0.533. The van der Waals surface area contributed by atoms with Crippen LogP contribution in [-0.2, 0) is 16.1 Å². The van der Waals surface area contributed by atoms with Gasteiger partial charge < -0.3 is 9.64 Å². The molecule has 0 aromatic heterocycles. The lowest BCUT2D eigenvalue weighted by molar-refractivity contribution is -0.152. The number of rotatable bonds is 4. The number of hydrogen-bond donors (Lipinski definition) is 0. The topological polar surface area (TPSA) is 32.8 Å². The summed E-state index contributed by atoms with van der Waals surface area (Å²) in [6.45, 7) is 5.73. The standard InChI is InChI=1S/C15H22N2O2/c1-3-19-15(18)14-12-16(2)9-10-17(14)11-13-7-5-4-6-8-13/h4-8,14H,3,9-12H2,1-2H3/t14-/m1/s1. The Bertz CT molecular complexity index is 408. The number of likely N-dealkylation sites (N-methyl/N-ethyl adjacent to an activating group) is 1. The molecule has 0 amide bonds. The van der Waals surface area contributed by atoms with Crippen LogP contribution < -0.4 is 0 Å². The summed E-state index contributed by atoms with van der Waals surface area (Å²) in [5.74, 6) is -0.106. The second-order valence-corrected chi connectivity index (χ2v) is 4.99. The first-order chi connectivity index (χ1) is 9.20. The number of carbonyl (C=O) groups is 1. The Morgan fingerprint density at radius 1 is 1.32 bits per heavy atom. The molecule has 0 N–H and O–H groups in total. The van der Waals surface area contributed by atoms with Gasteiger partial charge in [0.05, 0.1) is 6.61 Å². The van der Waals surface area contributed by atoms with Gasteiger partial charge >= 0.3 is 5.97 Å². The van der Waals surface area contributed by atoms with Gasteiger partial charge in [-0.15, -0.1) is 0 Å². The largest absolute Gasteiger partial charge is 0.465 e. The third-order valence-electron chi connectivity index (χ3n) is 3.48. The van der Waals surface area contributed by atoms with Gasteiger partial charge in [0.1, 0.15) is 6.04 Å². The van der Waals surface area contributed by atoms with Gasteiger partial charge in [-0.25, -0.2) is 0 Å². The number of piperazine rings is 1. The van der Waals surface area contributed by atoms with Gasteiger partial charge in [0, 0.05) is 26.2 Å². The zero-order chi connectivity index (χ0) is 13.7. The van der Waals surface area contributed by atoms with Crippen LogP contribution >= 0.6 is 0 Å². The van der Waals surface area contributed by atoms with E-state index in [0.29, 0.717) is 6.61 Å². The van der Waals surface area contributed by atoms with Crippen LogP contribution in [0.2, 0.25) is 0 Å². The van der Waals surface area contributed by atoms with E-state index in [9.17, 15) is 4.79 Å².